The molecule has 18 heavy (non-hydrogen) atoms. The third-order valence-electron chi connectivity index (χ3n) is 3.17. The van der Waals surface area contributed by atoms with E-state index in [2.05, 4.69) is 12.5 Å². The third kappa shape index (κ3) is 6.03. The number of hydrogen-bond acceptors (Lipinski definition) is 3. The molecule has 0 aromatic heterocycles. The number of hydrogen-bond donors (Lipinski definition) is 2. The van der Waals surface area contributed by atoms with Crippen molar-refractivity contribution in [3.05, 3.63) is 30.3 Å². The normalized spacial score (nSPS) is 10.6. The Balaban J connectivity index is 2.13. The molecular formula is C15H26N2O. The average molecular weight is 250 g/mol. The van der Waals surface area contributed by atoms with Crippen molar-refractivity contribution in [1.29, 1.82) is 0 Å². The molecular weight excluding hydrogens is 224 g/mol. The number of unbranched alkanes of at least 4 members (excludes halogenated alkanes) is 6. The summed E-state index contributed by atoms with van der Waals surface area (Å²) in [5.41, 5.74) is 3.27. The Bertz CT molecular complexity index is 290. The van der Waals surface area contributed by atoms with Gasteiger partial charge in [-0.3, -0.25) is 10.2 Å². The van der Waals surface area contributed by atoms with Crippen LogP contribution < -0.4 is 10.6 Å². The molecule has 102 valence electrons. The molecule has 3 nitrogen and oxygen atoms in total. The van der Waals surface area contributed by atoms with Crippen molar-refractivity contribution in [2.24, 2.45) is 0 Å². The van der Waals surface area contributed by atoms with Gasteiger partial charge in [-0.1, -0.05) is 63.6 Å². The summed E-state index contributed by atoms with van der Waals surface area (Å²) in [6, 6.07) is 9.91. The van der Waals surface area contributed by atoms with Gasteiger partial charge < -0.3 is 0 Å². The molecule has 0 spiro atoms. The lowest BCUT2D eigenvalue weighted by atomic mass is 10.1. The van der Waals surface area contributed by atoms with Crippen molar-refractivity contribution in [3.8, 4) is 0 Å². The number of hydrazine groups is 1. The zero-order valence-corrected chi connectivity index (χ0v) is 11.4. The van der Waals surface area contributed by atoms with Crippen LogP contribution in [0.4, 0.5) is 5.69 Å². The highest BCUT2D eigenvalue weighted by Gasteiger charge is 2.03. The van der Waals surface area contributed by atoms with Gasteiger partial charge in [0.25, 0.3) is 0 Å². The molecule has 0 aliphatic carbocycles. The molecule has 1 rings (SSSR count). The molecule has 0 bridgehead atoms. The van der Waals surface area contributed by atoms with Crippen LogP contribution in [0.15, 0.2) is 30.3 Å². The topological polar surface area (TPSA) is 35.5 Å². The second-order valence-corrected chi connectivity index (χ2v) is 4.71. The summed E-state index contributed by atoms with van der Waals surface area (Å²) in [5.74, 6) is 0. The van der Waals surface area contributed by atoms with E-state index in [1.54, 1.807) is 5.01 Å². The van der Waals surface area contributed by atoms with E-state index in [1.165, 1.54) is 38.5 Å². The Morgan fingerprint density at radius 1 is 0.944 bits per heavy atom. The quantitative estimate of drug-likeness (QED) is 0.484. The first kappa shape index (κ1) is 15.0. The zero-order chi connectivity index (χ0) is 13.1. The van der Waals surface area contributed by atoms with Crippen LogP contribution in [-0.4, -0.2) is 11.8 Å². The van der Waals surface area contributed by atoms with Crippen LogP contribution >= 0.6 is 0 Å². The molecule has 0 saturated heterocycles. The zero-order valence-electron chi connectivity index (χ0n) is 11.4. The van der Waals surface area contributed by atoms with E-state index in [0.717, 1.165) is 18.7 Å². The summed E-state index contributed by atoms with van der Waals surface area (Å²) in [7, 11) is 0. The van der Waals surface area contributed by atoms with E-state index >= 15 is 0 Å². The highest BCUT2D eigenvalue weighted by Crippen LogP contribution is 2.12. The molecule has 0 amide bonds. The maximum atomic E-state index is 9.13. The lowest BCUT2D eigenvalue weighted by molar-refractivity contribution is 0.153. The maximum absolute atomic E-state index is 9.13. The second-order valence-electron chi connectivity index (χ2n) is 4.71. The van der Waals surface area contributed by atoms with E-state index in [9.17, 15) is 0 Å². The van der Waals surface area contributed by atoms with Crippen molar-refractivity contribution >= 4 is 5.69 Å². The third-order valence-corrected chi connectivity index (χ3v) is 3.17. The number of rotatable bonds is 10. The molecule has 3 heteroatoms. The summed E-state index contributed by atoms with van der Waals surface area (Å²) in [6.45, 7) is 3.08. The average Bonchev–Trinajstić information content (AvgIpc) is 2.43. The number of benzene rings is 1. The second kappa shape index (κ2) is 9.92. The van der Waals surface area contributed by atoms with Gasteiger partial charge in [-0.05, 0) is 18.6 Å². The summed E-state index contributed by atoms with van der Waals surface area (Å²) in [6.07, 6.45) is 8.99. The summed E-state index contributed by atoms with van der Waals surface area (Å²) in [4.78, 5) is 0. The first-order valence-electron chi connectivity index (χ1n) is 7.10. The molecule has 0 atom stereocenters. The Morgan fingerprint density at radius 2 is 1.56 bits per heavy atom. The summed E-state index contributed by atoms with van der Waals surface area (Å²) < 4.78 is 0. The van der Waals surface area contributed by atoms with Gasteiger partial charge in [0.05, 0.1) is 5.69 Å². The minimum absolute atomic E-state index is 0.842. The van der Waals surface area contributed by atoms with Crippen LogP contribution in [0, 0.1) is 0 Å². The highest BCUT2D eigenvalue weighted by molar-refractivity contribution is 5.44. The standard InChI is InChI=1S/C15H26N2O/c1-2-3-4-5-6-7-11-14-17(16-18)15-12-9-8-10-13-15/h8-10,12-13,16,18H,2-7,11,14H2,1H3. The molecule has 0 aliphatic heterocycles. The fourth-order valence-corrected chi connectivity index (χ4v) is 2.07. The van der Waals surface area contributed by atoms with Crippen molar-refractivity contribution in [1.82, 2.24) is 5.59 Å². The van der Waals surface area contributed by atoms with Crippen molar-refractivity contribution in [2.45, 2.75) is 51.9 Å². The molecule has 0 fully saturated rings. The maximum Gasteiger partial charge on any atom is 0.0541 e. The Hall–Kier alpha value is -1.06. The fraction of sp³-hybridized carbons (Fsp3) is 0.600. The minimum Gasteiger partial charge on any atom is -0.297 e. The SMILES string of the molecule is CCCCCCCCCN(NO)c1ccccc1. The van der Waals surface area contributed by atoms with Crippen molar-refractivity contribution < 1.29 is 5.21 Å². The van der Waals surface area contributed by atoms with E-state index in [-0.39, 0.29) is 0 Å². The van der Waals surface area contributed by atoms with Crippen LogP contribution in [0.1, 0.15) is 51.9 Å². The molecule has 0 saturated carbocycles. The van der Waals surface area contributed by atoms with Gasteiger partial charge >= 0.3 is 0 Å². The van der Waals surface area contributed by atoms with Crippen LogP contribution in [-0.2, 0) is 0 Å². The predicted molar refractivity (Wildman–Crippen MR) is 76.7 cm³/mol. The molecule has 1 aromatic rings. The van der Waals surface area contributed by atoms with Gasteiger partial charge in [0.2, 0.25) is 0 Å². The highest BCUT2D eigenvalue weighted by atomic mass is 16.5. The molecule has 2 N–H and O–H groups in total. The number of para-hydroxylation sites is 1. The van der Waals surface area contributed by atoms with E-state index in [0.29, 0.717) is 0 Å². The Kier molecular flexibility index (Phi) is 8.26. The van der Waals surface area contributed by atoms with Gasteiger partial charge in [0.1, 0.15) is 0 Å². The van der Waals surface area contributed by atoms with Gasteiger partial charge in [-0.2, -0.15) is 0 Å². The lowest BCUT2D eigenvalue weighted by Crippen LogP contribution is -2.36. The Morgan fingerprint density at radius 3 is 2.17 bits per heavy atom. The van der Waals surface area contributed by atoms with Gasteiger partial charge in [-0.25, -0.2) is 0 Å². The summed E-state index contributed by atoms with van der Waals surface area (Å²) in [5, 5.41) is 10.9. The monoisotopic (exact) mass is 250 g/mol. The smallest absolute Gasteiger partial charge is 0.0541 e. The van der Waals surface area contributed by atoms with Crippen LogP contribution in [0.5, 0.6) is 0 Å². The van der Waals surface area contributed by atoms with Crippen molar-refractivity contribution in [3.63, 3.8) is 0 Å². The van der Waals surface area contributed by atoms with Gasteiger partial charge in [-0.15, -0.1) is 5.59 Å². The van der Waals surface area contributed by atoms with E-state index in [1.807, 2.05) is 30.3 Å². The first-order valence-corrected chi connectivity index (χ1v) is 7.10. The van der Waals surface area contributed by atoms with Crippen LogP contribution in [0.25, 0.3) is 0 Å². The van der Waals surface area contributed by atoms with Gasteiger partial charge in [0, 0.05) is 6.54 Å². The molecule has 1 aromatic carbocycles. The first-order chi connectivity index (χ1) is 8.88. The minimum atomic E-state index is 0.842. The number of nitrogens with zero attached hydrogens (tertiary/aromatic N) is 1. The lowest BCUT2D eigenvalue weighted by Gasteiger charge is -2.21. The molecule has 0 heterocycles. The Labute approximate surface area is 111 Å². The van der Waals surface area contributed by atoms with Crippen LogP contribution in [0.3, 0.4) is 0 Å². The van der Waals surface area contributed by atoms with Crippen LogP contribution in [0.2, 0.25) is 0 Å². The van der Waals surface area contributed by atoms with E-state index < -0.39 is 0 Å². The molecule has 0 unspecified atom stereocenters. The largest absolute Gasteiger partial charge is 0.297 e. The fourth-order valence-electron chi connectivity index (χ4n) is 2.07. The summed E-state index contributed by atoms with van der Waals surface area (Å²) >= 11 is 0. The van der Waals surface area contributed by atoms with E-state index in [4.69, 9.17) is 5.21 Å². The van der Waals surface area contributed by atoms with Crippen molar-refractivity contribution in [2.75, 3.05) is 11.6 Å². The number of nitrogens with one attached hydrogen (secondary N) is 1. The number of anilines is 1. The molecule has 0 aliphatic rings. The molecule has 0 radical (unpaired) electrons. The van der Waals surface area contributed by atoms with Gasteiger partial charge in [0.15, 0.2) is 0 Å². The predicted octanol–water partition coefficient (Wildman–Crippen LogP) is 4.14.